The molecule has 1 aliphatic heterocycles. The number of carbonyl (C=O) groups is 1. The average molecular weight is 276 g/mol. The van der Waals surface area contributed by atoms with Gasteiger partial charge in [-0.15, -0.1) is 0 Å². The Morgan fingerprint density at radius 3 is 2.53 bits per heavy atom. The Bertz CT molecular complexity index is 499. The van der Waals surface area contributed by atoms with Gasteiger partial charge in [-0.25, -0.2) is 0 Å². The first-order chi connectivity index (χ1) is 9.00. The van der Waals surface area contributed by atoms with E-state index in [9.17, 15) is 4.79 Å². The molecule has 4 heteroatoms. The van der Waals surface area contributed by atoms with Crippen LogP contribution in [0.5, 0.6) is 0 Å². The second kappa shape index (κ2) is 5.70. The number of thiocarbonyl (C=S) groups is 1. The van der Waals surface area contributed by atoms with Crippen LogP contribution in [0, 0.1) is 11.8 Å². The Morgan fingerprint density at radius 1 is 1.32 bits per heavy atom. The first kappa shape index (κ1) is 14.0. The molecule has 0 radical (unpaired) electrons. The third-order valence-corrected chi connectivity index (χ3v) is 3.94. The number of nitrogens with two attached hydrogens (primary N) is 1. The zero-order valence-corrected chi connectivity index (χ0v) is 12.2. The quantitative estimate of drug-likeness (QED) is 0.860. The first-order valence-electron chi connectivity index (χ1n) is 6.65. The monoisotopic (exact) mass is 276 g/mol. The first-order valence-corrected chi connectivity index (χ1v) is 7.06. The average Bonchev–Trinajstić information content (AvgIpc) is 2.37. The summed E-state index contributed by atoms with van der Waals surface area (Å²) in [6, 6.07) is 8.27. The number of hydrogen-bond acceptors (Lipinski definition) is 2. The van der Waals surface area contributed by atoms with Crippen molar-refractivity contribution in [1.29, 1.82) is 0 Å². The molecule has 0 saturated heterocycles. The van der Waals surface area contributed by atoms with E-state index in [1.807, 2.05) is 30.9 Å². The third-order valence-electron chi connectivity index (χ3n) is 3.68. The summed E-state index contributed by atoms with van der Waals surface area (Å²) in [4.78, 5) is 14.7. The van der Waals surface area contributed by atoms with Crippen molar-refractivity contribution >= 4 is 23.1 Å². The van der Waals surface area contributed by atoms with E-state index in [-0.39, 0.29) is 17.7 Å². The van der Waals surface area contributed by atoms with Crippen LogP contribution in [0.3, 0.4) is 0 Å². The third kappa shape index (κ3) is 2.95. The van der Waals surface area contributed by atoms with Gasteiger partial charge in [-0.05, 0) is 23.5 Å². The minimum atomic E-state index is -0.347. The van der Waals surface area contributed by atoms with Gasteiger partial charge in [0.05, 0.1) is 10.9 Å². The van der Waals surface area contributed by atoms with Crippen molar-refractivity contribution in [3.05, 3.63) is 35.4 Å². The standard InChI is InChI=1S/C15H20N2OS/c1-10(2)13(14(16)19)15(18)17-8-7-11-5-3-4-6-12(11)9-17/h3-6,10,13H,7-9H2,1-2H3,(H2,16,19). The van der Waals surface area contributed by atoms with Crippen LogP contribution in [-0.2, 0) is 17.8 Å². The Labute approximate surface area is 119 Å². The van der Waals surface area contributed by atoms with Gasteiger partial charge in [-0.1, -0.05) is 50.3 Å². The molecule has 1 atom stereocenters. The van der Waals surface area contributed by atoms with Crippen LogP contribution < -0.4 is 5.73 Å². The maximum absolute atomic E-state index is 12.5. The fraction of sp³-hybridized carbons (Fsp3) is 0.467. The van der Waals surface area contributed by atoms with Crippen molar-refractivity contribution < 1.29 is 4.79 Å². The second-order valence-corrected chi connectivity index (χ2v) is 5.87. The van der Waals surface area contributed by atoms with E-state index in [4.69, 9.17) is 18.0 Å². The molecule has 2 rings (SSSR count). The summed E-state index contributed by atoms with van der Waals surface area (Å²) < 4.78 is 0. The van der Waals surface area contributed by atoms with Crippen LogP contribution in [0.25, 0.3) is 0 Å². The molecule has 1 unspecified atom stereocenters. The van der Waals surface area contributed by atoms with E-state index in [2.05, 4.69) is 12.1 Å². The molecule has 1 aromatic rings. The fourth-order valence-corrected chi connectivity index (χ4v) is 2.99. The molecule has 1 aliphatic rings. The van der Waals surface area contributed by atoms with E-state index >= 15 is 0 Å². The number of fused-ring (bicyclic) bond motifs is 1. The zero-order chi connectivity index (χ0) is 14.0. The summed E-state index contributed by atoms with van der Waals surface area (Å²) in [5, 5.41) is 0. The van der Waals surface area contributed by atoms with E-state index in [0.29, 0.717) is 11.5 Å². The van der Waals surface area contributed by atoms with E-state index in [1.54, 1.807) is 0 Å². The van der Waals surface area contributed by atoms with Crippen molar-refractivity contribution in [1.82, 2.24) is 4.90 Å². The number of carbonyl (C=O) groups excluding carboxylic acids is 1. The van der Waals surface area contributed by atoms with Crippen LogP contribution in [0.4, 0.5) is 0 Å². The molecule has 3 nitrogen and oxygen atoms in total. The number of rotatable bonds is 3. The van der Waals surface area contributed by atoms with Crippen molar-refractivity contribution in [3.63, 3.8) is 0 Å². The summed E-state index contributed by atoms with van der Waals surface area (Å²) in [7, 11) is 0. The van der Waals surface area contributed by atoms with Gasteiger partial charge in [0.15, 0.2) is 0 Å². The molecule has 2 N–H and O–H groups in total. The second-order valence-electron chi connectivity index (χ2n) is 5.40. The topological polar surface area (TPSA) is 46.3 Å². The van der Waals surface area contributed by atoms with Gasteiger partial charge in [0.2, 0.25) is 5.91 Å². The molecule has 0 saturated carbocycles. The molecule has 1 aromatic carbocycles. The van der Waals surface area contributed by atoms with Gasteiger partial charge in [0.1, 0.15) is 0 Å². The SMILES string of the molecule is CC(C)C(C(=O)N1CCc2ccccc2C1)C(N)=S. The van der Waals surface area contributed by atoms with Crippen molar-refractivity contribution in [3.8, 4) is 0 Å². The molecule has 102 valence electrons. The number of benzene rings is 1. The van der Waals surface area contributed by atoms with Crippen LogP contribution in [-0.4, -0.2) is 22.3 Å². The summed E-state index contributed by atoms with van der Waals surface area (Å²) in [5.74, 6) is -0.139. The molecule has 1 amide bonds. The van der Waals surface area contributed by atoms with Crippen molar-refractivity contribution in [2.45, 2.75) is 26.8 Å². The van der Waals surface area contributed by atoms with Crippen LogP contribution in [0.2, 0.25) is 0 Å². The lowest BCUT2D eigenvalue weighted by molar-refractivity contribution is -0.135. The van der Waals surface area contributed by atoms with Crippen LogP contribution in [0.1, 0.15) is 25.0 Å². The van der Waals surface area contributed by atoms with E-state index in [0.717, 1.165) is 13.0 Å². The zero-order valence-electron chi connectivity index (χ0n) is 11.4. The van der Waals surface area contributed by atoms with Gasteiger partial charge < -0.3 is 10.6 Å². The Hall–Kier alpha value is -1.42. The smallest absolute Gasteiger partial charge is 0.233 e. The number of amides is 1. The Kier molecular flexibility index (Phi) is 4.20. The molecule has 0 bridgehead atoms. The molecule has 1 heterocycles. The molecule has 0 spiro atoms. The maximum Gasteiger partial charge on any atom is 0.233 e. The summed E-state index contributed by atoms with van der Waals surface area (Å²) in [6.45, 7) is 5.39. The minimum absolute atomic E-state index is 0.0667. The lowest BCUT2D eigenvalue weighted by Crippen LogP contribution is -2.45. The molecular formula is C15H20N2OS. The van der Waals surface area contributed by atoms with Gasteiger partial charge in [0, 0.05) is 13.1 Å². The highest BCUT2D eigenvalue weighted by Crippen LogP contribution is 2.22. The fourth-order valence-electron chi connectivity index (χ4n) is 2.62. The highest BCUT2D eigenvalue weighted by molar-refractivity contribution is 7.80. The molecule has 0 aliphatic carbocycles. The summed E-state index contributed by atoms with van der Waals surface area (Å²) >= 11 is 5.05. The Balaban J connectivity index is 2.16. The van der Waals surface area contributed by atoms with Gasteiger partial charge >= 0.3 is 0 Å². The summed E-state index contributed by atoms with van der Waals surface area (Å²) in [5.41, 5.74) is 8.29. The van der Waals surface area contributed by atoms with E-state index < -0.39 is 0 Å². The normalized spacial score (nSPS) is 16.1. The Morgan fingerprint density at radius 2 is 1.95 bits per heavy atom. The van der Waals surface area contributed by atoms with Gasteiger partial charge in [-0.3, -0.25) is 4.79 Å². The lowest BCUT2D eigenvalue weighted by Gasteiger charge is -2.32. The largest absolute Gasteiger partial charge is 0.393 e. The van der Waals surface area contributed by atoms with Gasteiger partial charge in [0.25, 0.3) is 0 Å². The van der Waals surface area contributed by atoms with Gasteiger partial charge in [-0.2, -0.15) is 0 Å². The number of hydrogen-bond donors (Lipinski definition) is 1. The molecule has 0 fully saturated rings. The lowest BCUT2D eigenvalue weighted by atomic mass is 9.92. The maximum atomic E-state index is 12.5. The van der Waals surface area contributed by atoms with Crippen molar-refractivity contribution in [2.24, 2.45) is 17.6 Å². The minimum Gasteiger partial charge on any atom is -0.393 e. The highest BCUT2D eigenvalue weighted by atomic mass is 32.1. The molecule has 19 heavy (non-hydrogen) atoms. The van der Waals surface area contributed by atoms with Crippen molar-refractivity contribution in [2.75, 3.05) is 6.54 Å². The predicted octanol–water partition coefficient (Wildman–Crippen LogP) is 2.13. The molecular weight excluding hydrogens is 256 g/mol. The molecule has 0 aromatic heterocycles. The van der Waals surface area contributed by atoms with Crippen LogP contribution >= 0.6 is 12.2 Å². The highest BCUT2D eigenvalue weighted by Gasteiger charge is 2.31. The predicted molar refractivity (Wildman–Crippen MR) is 80.7 cm³/mol. The van der Waals surface area contributed by atoms with E-state index in [1.165, 1.54) is 11.1 Å². The van der Waals surface area contributed by atoms with Crippen LogP contribution in [0.15, 0.2) is 24.3 Å². The number of nitrogens with zero attached hydrogens (tertiary/aromatic N) is 1. The summed E-state index contributed by atoms with van der Waals surface area (Å²) in [6.07, 6.45) is 0.907.